The minimum Gasteiger partial charge on any atom is -0.358 e. The molecule has 0 saturated carbocycles. The second-order valence-corrected chi connectivity index (χ2v) is 6.55. The summed E-state index contributed by atoms with van der Waals surface area (Å²) in [5.41, 5.74) is 5.16. The molecule has 2 aliphatic rings. The van der Waals surface area contributed by atoms with Crippen LogP contribution in [0.3, 0.4) is 0 Å². The van der Waals surface area contributed by atoms with E-state index in [2.05, 4.69) is 17.4 Å². The Kier molecular flexibility index (Phi) is 3.05. The van der Waals surface area contributed by atoms with E-state index >= 15 is 0 Å². The lowest BCUT2D eigenvalue weighted by atomic mass is 9.81. The molecule has 2 aromatic carbocycles. The molecule has 2 aliphatic heterocycles. The lowest BCUT2D eigenvalue weighted by molar-refractivity contribution is -0.107. The van der Waals surface area contributed by atoms with E-state index in [1.54, 1.807) is 0 Å². The van der Waals surface area contributed by atoms with Crippen LogP contribution in [0.2, 0.25) is 5.02 Å². The zero-order chi connectivity index (χ0) is 14.4. The first-order chi connectivity index (χ1) is 10.2. The third-order valence-corrected chi connectivity index (χ3v) is 5.07. The molecule has 4 rings (SSSR count). The molecule has 0 fully saturated rings. The number of hydrogen-bond donors (Lipinski definition) is 1. The number of nitrogens with one attached hydrogen (secondary N) is 1. The number of halogens is 1. The summed E-state index contributed by atoms with van der Waals surface area (Å²) in [5.74, 6) is 0.693. The van der Waals surface area contributed by atoms with Crippen LogP contribution in [0.15, 0.2) is 59.8 Å². The Morgan fingerprint density at radius 2 is 1.95 bits per heavy atom. The summed E-state index contributed by atoms with van der Waals surface area (Å²) in [7, 11) is 0. The van der Waals surface area contributed by atoms with Gasteiger partial charge in [0.2, 0.25) is 5.12 Å². The van der Waals surface area contributed by atoms with Crippen molar-refractivity contribution in [1.82, 2.24) is 0 Å². The van der Waals surface area contributed by atoms with E-state index in [9.17, 15) is 4.79 Å². The molecular formula is C17H12ClNOS. The highest BCUT2D eigenvalue weighted by Gasteiger charge is 2.37. The number of carbonyl (C=O) groups is 1. The second-order valence-electron chi connectivity index (χ2n) is 5.17. The minimum atomic E-state index is -0.0290. The molecule has 0 radical (unpaired) electrons. The standard InChI is InChI=1S/C17H12ClNOS/c18-11-6-7-13-12(8-11)15(10-4-2-1-3-5-10)16-14(19-13)9-21-17(16)20/h1-8,15,19H,9H2. The van der Waals surface area contributed by atoms with Crippen LogP contribution in [0, 0.1) is 0 Å². The van der Waals surface area contributed by atoms with E-state index in [0.29, 0.717) is 5.02 Å². The van der Waals surface area contributed by atoms with Gasteiger partial charge < -0.3 is 5.32 Å². The van der Waals surface area contributed by atoms with Crippen LogP contribution in [0.1, 0.15) is 17.0 Å². The fourth-order valence-electron chi connectivity index (χ4n) is 3.01. The Labute approximate surface area is 132 Å². The molecule has 0 saturated heterocycles. The lowest BCUT2D eigenvalue weighted by Gasteiger charge is -2.28. The summed E-state index contributed by atoms with van der Waals surface area (Å²) >= 11 is 7.54. The molecule has 0 bridgehead atoms. The van der Waals surface area contributed by atoms with Crippen LogP contribution >= 0.6 is 23.4 Å². The predicted molar refractivity (Wildman–Crippen MR) is 87.9 cm³/mol. The summed E-state index contributed by atoms with van der Waals surface area (Å²) in [6.45, 7) is 0. The molecule has 1 atom stereocenters. The number of thioether (sulfide) groups is 1. The van der Waals surface area contributed by atoms with E-state index in [0.717, 1.165) is 33.8 Å². The van der Waals surface area contributed by atoms with Crippen molar-refractivity contribution in [1.29, 1.82) is 0 Å². The molecule has 0 spiro atoms. The summed E-state index contributed by atoms with van der Waals surface area (Å²) in [5, 5.41) is 4.25. The number of fused-ring (bicyclic) bond motifs is 1. The minimum absolute atomic E-state index is 0.0290. The molecule has 0 aliphatic carbocycles. The highest BCUT2D eigenvalue weighted by Crippen LogP contribution is 2.47. The van der Waals surface area contributed by atoms with Crippen LogP contribution in [0.4, 0.5) is 5.69 Å². The highest BCUT2D eigenvalue weighted by atomic mass is 35.5. The second kappa shape index (κ2) is 4.93. The van der Waals surface area contributed by atoms with E-state index < -0.39 is 0 Å². The summed E-state index contributed by atoms with van der Waals surface area (Å²) < 4.78 is 0. The molecule has 4 heteroatoms. The Morgan fingerprint density at radius 1 is 1.14 bits per heavy atom. The van der Waals surface area contributed by atoms with Crippen molar-refractivity contribution in [2.75, 3.05) is 11.1 Å². The van der Waals surface area contributed by atoms with Crippen molar-refractivity contribution in [3.63, 3.8) is 0 Å². The van der Waals surface area contributed by atoms with E-state index in [-0.39, 0.29) is 11.0 Å². The zero-order valence-electron chi connectivity index (χ0n) is 11.1. The van der Waals surface area contributed by atoms with Gasteiger partial charge >= 0.3 is 0 Å². The first kappa shape index (κ1) is 13.0. The van der Waals surface area contributed by atoms with Gasteiger partial charge in [0.05, 0.1) is 0 Å². The Hall–Kier alpha value is -1.71. The van der Waals surface area contributed by atoms with Crippen molar-refractivity contribution < 1.29 is 4.79 Å². The fourth-order valence-corrected chi connectivity index (χ4v) is 4.09. The van der Waals surface area contributed by atoms with Gasteiger partial charge in [0, 0.05) is 33.7 Å². The molecule has 1 N–H and O–H groups in total. The SMILES string of the molecule is O=C1SCC2=C1C(c1ccccc1)c1cc(Cl)ccc1N2. The lowest BCUT2D eigenvalue weighted by Crippen LogP contribution is -2.19. The van der Waals surface area contributed by atoms with E-state index in [1.165, 1.54) is 11.8 Å². The van der Waals surface area contributed by atoms with Gasteiger partial charge in [-0.25, -0.2) is 0 Å². The smallest absolute Gasteiger partial charge is 0.218 e. The number of anilines is 1. The van der Waals surface area contributed by atoms with Gasteiger partial charge in [0.1, 0.15) is 0 Å². The van der Waals surface area contributed by atoms with Crippen molar-refractivity contribution in [2.45, 2.75) is 5.92 Å². The first-order valence-electron chi connectivity index (χ1n) is 6.75. The fraction of sp³-hybridized carbons (Fsp3) is 0.118. The van der Waals surface area contributed by atoms with Crippen molar-refractivity contribution in [3.8, 4) is 0 Å². The van der Waals surface area contributed by atoms with Crippen molar-refractivity contribution in [2.24, 2.45) is 0 Å². The molecule has 104 valence electrons. The largest absolute Gasteiger partial charge is 0.358 e. The van der Waals surface area contributed by atoms with Gasteiger partial charge in [-0.05, 0) is 29.3 Å². The molecular weight excluding hydrogens is 302 g/mol. The number of carbonyl (C=O) groups excluding carboxylic acids is 1. The summed E-state index contributed by atoms with van der Waals surface area (Å²) in [6, 6.07) is 16.0. The monoisotopic (exact) mass is 313 g/mol. The highest BCUT2D eigenvalue weighted by molar-refractivity contribution is 8.14. The quantitative estimate of drug-likeness (QED) is 0.844. The molecule has 2 nitrogen and oxygen atoms in total. The van der Waals surface area contributed by atoms with E-state index in [4.69, 9.17) is 11.6 Å². The molecule has 21 heavy (non-hydrogen) atoms. The summed E-state index contributed by atoms with van der Waals surface area (Å²) in [4.78, 5) is 12.3. The first-order valence-corrected chi connectivity index (χ1v) is 8.12. The van der Waals surface area contributed by atoms with Crippen molar-refractivity contribution >= 4 is 34.2 Å². The number of hydrogen-bond acceptors (Lipinski definition) is 3. The molecule has 0 amide bonds. The number of rotatable bonds is 1. The topological polar surface area (TPSA) is 29.1 Å². The van der Waals surface area contributed by atoms with Crippen LogP contribution in [-0.4, -0.2) is 10.9 Å². The molecule has 0 aromatic heterocycles. The van der Waals surface area contributed by atoms with Gasteiger partial charge in [-0.2, -0.15) is 0 Å². The van der Waals surface area contributed by atoms with Gasteiger partial charge in [-0.1, -0.05) is 53.7 Å². The van der Waals surface area contributed by atoms with Crippen molar-refractivity contribution in [3.05, 3.63) is 76.0 Å². The average Bonchev–Trinajstić information content (AvgIpc) is 2.87. The maximum absolute atomic E-state index is 12.3. The normalized spacial score (nSPS) is 20.0. The average molecular weight is 314 g/mol. The number of benzene rings is 2. The third-order valence-electron chi connectivity index (χ3n) is 3.92. The van der Waals surface area contributed by atoms with Crippen LogP contribution in [0.5, 0.6) is 0 Å². The summed E-state index contributed by atoms with van der Waals surface area (Å²) in [6.07, 6.45) is 0. The predicted octanol–water partition coefficient (Wildman–Crippen LogP) is 4.42. The van der Waals surface area contributed by atoms with Gasteiger partial charge in [-0.3, -0.25) is 4.79 Å². The van der Waals surface area contributed by atoms with Gasteiger partial charge in [0.15, 0.2) is 0 Å². The third kappa shape index (κ3) is 2.08. The van der Waals surface area contributed by atoms with Gasteiger partial charge in [0.25, 0.3) is 0 Å². The van der Waals surface area contributed by atoms with E-state index in [1.807, 2.05) is 36.4 Å². The zero-order valence-corrected chi connectivity index (χ0v) is 12.7. The van der Waals surface area contributed by atoms with Crippen LogP contribution in [-0.2, 0) is 4.79 Å². The maximum Gasteiger partial charge on any atom is 0.218 e. The maximum atomic E-state index is 12.3. The molecule has 1 unspecified atom stereocenters. The van der Waals surface area contributed by atoms with Crippen LogP contribution in [0.25, 0.3) is 0 Å². The van der Waals surface area contributed by atoms with Gasteiger partial charge in [-0.15, -0.1) is 0 Å². The van der Waals surface area contributed by atoms with Crippen LogP contribution < -0.4 is 5.32 Å². The Balaban J connectivity index is 1.96. The molecule has 2 heterocycles. The Bertz CT molecular complexity index is 770. The Morgan fingerprint density at radius 3 is 2.76 bits per heavy atom. The molecule has 2 aromatic rings.